The van der Waals surface area contributed by atoms with Crippen LogP contribution in [0.25, 0.3) is 0 Å². The van der Waals surface area contributed by atoms with Gasteiger partial charge < -0.3 is 20.3 Å². The molecule has 0 aromatic rings. The first-order chi connectivity index (χ1) is 10.7. The molecule has 124 valence electrons. The lowest BCUT2D eigenvalue weighted by molar-refractivity contribution is -0.129. The summed E-state index contributed by atoms with van der Waals surface area (Å²) < 4.78 is 5.32. The van der Waals surface area contributed by atoms with Gasteiger partial charge in [0.15, 0.2) is 0 Å². The van der Waals surface area contributed by atoms with Gasteiger partial charge in [-0.15, -0.1) is 0 Å². The molecule has 7 nitrogen and oxygen atoms in total. The van der Waals surface area contributed by atoms with Crippen LogP contribution in [0.5, 0.6) is 0 Å². The third-order valence-electron chi connectivity index (χ3n) is 4.78. The minimum absolute atomic E-state index is 0.0379. The second-order valence-electron chi connectivity index (χ2n) is 6.39. The zero-order chi connectivity index (χ0) is 15.4. The van der Waals surface area contributed by atoms with E-state index in [1.807, 2.05) is 4.90 Å². The largest absolute Gasteiger partial charge is 0.379 e. The Balaban J connectivity index is 1.42. The van der Waals surface area contributed by atoms with Crippen molar-refractivity contribution in [3.8, 4) is 0 Å². The highest BCUT2D eigenvalue weighted by molar-refractivity contribution is 5.89. The molecule has 3 saturated heterocycles. The zero-order valence-electron chi connectivity index (χ0n) is 13.1. The Hall–Kier alpha value is -1.18. The van der Waals surface area contributed by atoms with Gasteiger partial charge >= 0.3 is 0 Å². The molecule has 0 aliphatic carbocycles. The van der Waals surface area contributed by atoms with Crippen molar-refractivity contribution in [3.63, 3.8) is 0 Å². The van der Waals surface area contributed by atoms with Crippen LogP contribution in [0.15, 0.2) is 0 Å². The van der Waals surface area contributed by atoms with E-state index in [2.05, 4.69) is 15.5 Å². The monoisotopic (exact) mass is 310 g/mol. The maximum atomic E-state index is 12.3. The normalized spacial score (nSPS) is 30.0. The molecule has 3 aliphatic heterocycles. The first-order valence-electron chi connectivity index (χ1n) is 8.31. The number of likely N-dealkylation sites (tertiary alicyclic amines) is 1. The van der Waals surface area contributed by atoms with Gasteiger partial charge in [-0.2, -0.15) is 0 Å². The van der Waals surface area contributed by atoms with Crippen LogP contribution in [-0.2, 0) is 14.3 Å². The average Bonchev–Trinajstić information content (AvgIpc) is 3.16. The van der Waals surface area contributed by atoms with Crippen LogP contribution in [0.4, 0.5) is 0 Å². The van der Waals surface area contributed by atoms with E-state index in [0.717, 1.165) is 52.4 Å². The van der Waals surface area contributed by atoms with E-state index in [-0.39, 0.29) is 23.8 Å². The molecule has 3 rings (SSSR count). The first-order valence-corrected chi connectivity index (χ1v) is 8.31. The molecule has 0 aromatic heterocycles. The van der Waals surface area contributed by atoms with Crippen molar-refractivity contribution >= 4 is 11.8 Å². The summed E-state index contributed by atoms with van der Waals surface area (Å²) in [6.45, 7) is 7.36. The number of carbonyl (C=O) groups is 2. The first kappa shape index (κ1) is 15.7. The summed E-state index contributed by atoms with van der Waals surface area (Å²) in [6, 6.07) is 0.227. The maximum Gasteiger partial charge on any atom is 0.225 e. The molecule has 7 heteroatoms. The van der Waals surface area contributed by atoms with Crippen molar-refractivity contribution in [1.82, 2.24) is 20.4 Å². The van der Waals surface area contributed by atoms with Gasteiger partial charge in [0.1, 0.15) is 0 Å². The van der Waals surface area contributed by atoms with Crippen LogP contribution in [-0.4, -0.2) is 86.7 Å². The lowest BCUT2D eigenvalue weighted by Crippen LogP contribution is -2.43. The van der Waals surface area contributed by atoms with Crippen LogP contribution in [0.3, 0.4) is 0 Å². The van der Waals surface area contributed by atoms with Crippen molar-refractivity contribution in [2.24, 2.45) is 5.92 Å². The molecule has 0 aromatic carbocycles. The summed E-state index contributed by atoms with van der Waals surface area (Å²) >= 11 is 0. The highest BCUT2D eigenvalue weighted by Crippen LogP contribution is 2.18. The Morgan fingerprint density at radius 2 is 2.14 bits per heavy atom. The standard InChI is InChI=1S/C15H26N4O3/c20-14-9-12(15(21)17-13-1-2-16-10-13)11-19(14)4-3-18-5-7-22-8-6-18/h12-13,16H,1-11H2,(H,17,21). The molecule has 0 spiro atoms. The predicted octanol–water partition coefficient (Wildman–Crippen LogP) is -1.35. The average molecular weight is 310 g/mol. The fourth-order valence-corrected chi connectivity index (χ4v) is 3.35. The number of amides is 2. The summed E-state index contributed by atoms with van der Waals surface area (Å²) in [5, 5.41) is 6.29. The molecule has 2 amide bonds. The zero-order valence-corrected chi connectivity index (χ0v) is 13.1. The molecule has 2 N–H and O–H groups in total. The Bertz CT molecular complexity index is 406. The summed E-state index contributed by atoms with van der Waals surface area (Å²) in [7, 11) is 0. The SMILES string of the molecule is O=C(NC1CCNC1)C1CC(=O)N(CCN2CCOCC2)C1. The Morgan fingerprint density at radius 1 is 1.32 bits per heavy atom. The quantitative estimate of drug-likeness (QED) is 0.656. The molecule has 0 saturated carbocycles. The van der Waals surface area contributed by atoms with Gasteiger partial charge in [0.2, 0.25) is 11.8 Å². The summed E-state index contributed by atoms with van der Waals surface area (Å²) in [5.74, 6) is -0.0355. The van der Waals surface area contributed by atoms with Gasteiger partial charge in [-0.1, -0.05) is 0 Å². The lowest BCUT2D eigenvalue weighted by Gasteiger charge is -2.28. The van der Waals surface area contributed by atoms with E-state index in [0.29, 0.717) is 19.5 Å². The van der Waals surface area contributed by atoms with Gasteiger partial charge in [-0.3, -0.25) is 14.5 Å². The molecule has 2 atom stereocenters. The fourth-order valence-electron chi connectivity index (χ4n) is 3.35. The lowest BCUT2D eigenvalue weighted by atomic mass is 10.1. The third kappa shape index (κ3) is 3.97. The number of morpholine rings is 1. The third-order valence-corrected chi connectivity index (χ3v) is 4.78. The van der Waals surface area contributed by atoms with Gasteiger partial charge in [0.25, 0.3) is 0 Å². The van der Waals surface area contributed by atoms with Crippen molar-refractivity contribution in [3.05, 3.63) is 0 Å². The summed E-state index contributed by atoms with van der Waals surface area (Å²) in [6.07, 6.45) is 1.34. The minimum Gasteiger partial charge on any atom is -0.379 e. The van der Waals surface area contributed by atoms with Crippen LogP contribution in [0, 0.1) is 5.92 Å². The highest BCUT2D eigenvalue weighted by Gasteiger charge is 2.35. The van der Waals surface area contributed by atoms with E-state index in [1.54, 1.807) is 0 Å². The van der Waals surface area contributed by atoms with Crippen molar-refractivity contribution in [2.45, 2.75) is 18.9 Å². The number of rotatable bonds is 5. The van der Waals surface area contributed by atoms with E-state index in [1.165, 1.54) is 0 Å². The number of nitrogens with one attached hydrogen (secondary N) is 2. The molecule has 3 aliphatic rings. The van der Waals surface area contributed by atoms with Gasteiger partial charge in [-0.25, -0.2) is 0 Å². The van der Waals surface area contributed by atoms with E-state index in [4.69, 9.17) is 4.74 Å². The maximum absolute atomic E-state index is 12.3. The summed E-state index contributed by atoms with van der Waals surface area (Å²) in [5.41, 5.74) is 0. The topological polar surface area (TPSA) is 73.9 Å². The molecule has 0 radical (unpaired) electrons. The van der Waals surface area contributed by atoms with Gasteiger partial charge in [0, 0.05) is 51.7 Å². The molecule has 3 fully saturated rings. The molecular weight excluding hydrogens is 284 g/mol. The second kappa shape index (κ2) is 7.39. The summed E-state index contributed by atoms with van der Waals surface area (Å²) in [4.78, 5) is 28.5. The number of hydrogen-bond acceptors (Lipinski definition) is 5. The number of nitrogens with zero attached hydrogens (tertiary/aromatic N) is 2. The number of ether oxygens (including phenoxy) is 1. The van der Waals surface area contributed by atoms with Crippen LogP contribution in [0.1, 0.15) is 12.8 Å². The van der Waals surface area contributed by atoms with Crippen LogP contribution in [0.2, 0.25) is 0 Å². The minimum atomic E-state index is -0.183. The van der Waals surface area contributed by atoms with Crippen LogP contribution >= 0.6 is 0 Å². The predicted molar refractivity (Wildman–Crippen MR) is 81.4 cm³/mol. The molecule has 0 bridgehead atoms. The van der Waals surface area contributed by atoms with E-state index < -0.39 is 0 Å². The second-order valence-corrected chi connectivity index (χ2v) is 6.39. The van der Waals surface area contributed by atoms with E-state index >= 15 is 0 Å². The van der Waals surface area contributed by atoms with Crippen molar-refractivity contribution < 1.29 is 14.3 Å². The van der Waals surface area contributed by atoms with Crippen molar-refractivity contribution in [1.29, 1.82) is 0 Å². The van der Waals surface area contributed by atoms with Crippen LogP contribution < -0.4 is 10.6 Å². The van der Waals surface area contributed by atoms with Gasteiger partial charge in [0.05, 0.1) is 19.1 Å². The molecule has 22 heavy (non-hydrogen) atoms. The fraction of sp³-hybridized carbons (Fsp3) is 0.867. The smallest absolute Gasteiger partial charge is 0.225 e. The molecule has 2 unspecified atom stereocenters. The van der Waals surface area contributed by atoms with E-state index in [9.17, 15) is 9.59 Å². The van der Waals surface area contributed by atoms with Crippen molar-refractivity contribution in [2.75, 3.05) is 59.0 Å². The van der Waals surface area contributed by atoms with Gasteiger partial charge in [-0.05, 0) is 13.0 Å². The molecule has 3 heterocycles. The highest BCUT2D eigenvalue weighted by atomic mass is 16.5. The Kier molecular flexibility index (Phi) is 5.28. The Morgan fingerprint density at radius 3 is 2.86 bits per heavy atom. The molecular formula is C15H26N4O3. The number of hydrogen-bond donors (Lipinski definition) is 2. The Labute approximate surface area is 131 Å². The number of carbonyl (C=O) groups excluding carboxylic acids is 2.